The van der Waals surface area contributed by atoms with Gasteiger partial charge in [-0.25, -0.2) is 0 Å². The highest BCUT2D eigenvalue weighted by molar-refractivity contribution is 5.95. The van der Waals surface area contributed by atoms with E-state index in [-0.39, 0.29) is 13.1 Å². The first-order chi connectivity index (χ1) is 9.31. The number of halogens is 3. The van der Waals surface area contributed by atoms with Crippen LogP contribution in [-0.2, 0) is 4.79 Å². The lowest BCUT2D eigenvalue weighted by Gasteiger charge is -2.22. The molecule has 3 N–H and O–H groups in total. The zero-order chi connectivity index (χ0) is 15.2. The van der Waals surface area contributed by atoms with Crippen molar-refractivity contribution >= 4 is 17.3 Å². The van der Waals surface area contributed by atoms with Crippen LogP contribution in [0.5, 0.6) is 0 Å². The van der Waals surface area contributed by atoms with Crippen LogP contribution in [0.15, 0.2) is 24.3 Å². The number of rotatable bonds is 6. The molecule has 0 heterocycles. The third-order valence-corrected chi connectivity index (χ3v) is 2.54. The molecular weight excluding hydrogens is 271 g/mol. The number of nitrogen functional groups attached to an aromatic ring is 1. The van der Waals surface area contributed by atoms with Crippen LogP contribution in [0.4, 0.5) is 24.5 Å². The van der Waals surface area contributed by atoms with Crippen molar-refractivity contribution in [2.75, 3.05) is 30.7 Å². The van der Waals surface area contributed by atoms with Crippen molar-refractivity contribution in [2.24, 2.45) is 0 Å². The van der Waals surface area contributed by atoms with Gasteiger partial charge < -0.3 is 11.1 Å². The summed E-state index contributed by atoms with van der Waals surface area (Å²) in [5, 5.41) is 2.51. The first-order valence-electron chi connectivity index (χ1n) is 6.25. The van der Waals surface area contributed by atoms with Gasteiger partial charge in [0.2, 0.25) is 5.91 Å². The highest BCUT2D eigenvalue weighted by Crippen LogP contribution is 2.18. The lowest BCUT2D eigenvalue weighted by Crippen LogP contribution is -2.40. The Balaban J connectivity index is 2.60. The van der Waals surface area contributed by atoms with Crippen LogP contribution in [-0.4, -0.2) is 36.6 Å². The number of alkyl halides is 3. The molecule has 1 aromatic carbocycles. The lowest BCUT2D eigenvalue weighted by atomic mass is 10.2. The van der Waals surface area contributed by atoms with Crippen LogP contribution in [0.25, 0.3) is 0 Å². The number of anilines is 2. The quantitative estimate of drug-likeness (QED) is 0.791. The molecular formula is C13H18F3N3O. The number of carbonyl (C=O) groups excluding carboxylic acids is 1. The SMILES string of the molecule is CCCN(CC(=O)Nc1ccccc1N)CC(F)(F)F. The van der Waals surface area contributed by atoms with Crippen LogP contribution in [0, 0.1) is 0 Å². The Kier molecular flexibility index (Phi) is 5.82. The molecule has 112 valence electrons. The number of nitrogens with zero attached hydrogens (tertiary/aromatic N) is 1. The Morgan fingerprint density at radius 1 is 1.35 bits per heavy atom. The minimum atomic E-state index is -4.32. The van der Waals surface area contributed by atoms with Gasteiger partial charge in [-0.05, 0) is 25.1 Å². The largest absolute Gasteiger partial charge is 0.401 e. The molecule has 0 saturated carbocycles. The number of carbonyl (C=O) groups is 1. The molecule has 1 amide bonds. The molecule has 0 saturated heterocycles. The van der Waals surface area contributed by atoms with Gasteiger partial charge in [0, 0.05) is 0 Å². The topological polar surface area (TPSA) is 58.4 Å². The summed E-state index contributed by atoms with van der Waals surface area (Å²) in [7, 11) is 0. The zero-order valence-corrected chi connectivity index (χ0v) is 11.2. The van der Waals surface area contributed by atoms with Gasteiger partial charge in [-0.15, -0.1) is 0 Å². The summed E-state index contributed by atoms with van der Waals surface area (Å²) >= 11 is 0. The number of nitrogens with two attached hydrogens (primary N) is 1. The minimum absolute atomic E-state index is 0.206. The first kappa shape index (κ1) is 16.3. The highest BCUT2D eigenvalue weighted by Gasteiger charge is 2.31. The smallest absolute Gasteiger partial charge is 0.397 e. The Labute approximate surface area is 115 Å². The highest BCUT2D eigenvalue weighted by atomic mass is 19.4. The third kappa shape index (κ3) is 5.92. The Morgan fingerprint density at radius 2 is 2.00 bits per heavy atom. The van der Waals surface area contributed by atoms with Crippen molar-refractivity contribution in [1.82, 2.24) is 4.90 Å². The molecule has 0 atom stereocenters. The first-order valence-corrected chi connectivity index (χ1v) is 6.25. The van der Waals surface area contributed by atoms with E-state index < -0.39 is 18.6 Å². The molecule has 4 nitrogen and oxygen atoms in total. The maximum absolute atomic E-state index is 12.4. The van der Waals surface area contributed by atoms with Gasteiger partial charge in [-0.2, -0.15) is 13.2 Å². The van der Waals surface area contributed by atoms with E-state index in [0.29, 0.717) is 17.8 Å². The number of nitrogens with one attached hydrogen (secondary N) is 1. The standard InChI is InChI=1S/C13H18F3N3O/c1-2-7-19(9-13(14,15)16)8-12(20)18-11-6-4-3-5-10(11)17/h3-6H,2,7-9,17H2,1H3,(H,18,20). The maximum Gasteiger partial charge on any atom is 0.401 e. The van der Waals surface area contributed by atoms with Crippen molar-refractivity contribution in [1.29, 1.82) is 0 Å². The van der Waals surface area contributed by atoms with Crippen molar-refractivity contribution in [3.8, 4) is 0 Å². The molecule has 20 heavy (non-hydrogen) atoms. The van der Waals surface area contributed by atoms with Crippen LogP contribution in [0.1, 0.15) is 13.3 Å². The second kappa shape index (κ2) is 7.14. The fraction of sp³-hybridized carbons (Fsp3) is 0.462. The van der Waals surface area contributed by atoms with Crippen LogP contribution < -0.4 is 11.1 Å². The second-order valence-electron chi connectivity index (χ2n) is 4.46. The Hall–Kier alpha value is -1.76. The number of hydrogen-bond donors (Lipinski definition) is 2. The maximum atomic E-state index is 12.4. The Morgan fingerprint density at radius 3 is 2.55 bits per heavy atom. The van der Waals surface area contributed by atoms with E-state index in [4.69, 9.17) is 5.73 Å². The molecule has 0 aliphatic rings. The van der Waals surface area contributed by atoms with Crippen LogP contribution in [0.2, 0.25) is 0 Å². The molecule has 0 aliphatic carbocycles. The molecule has 0 aliphatic heterocycles. The summed E-state index contributed by atoms with van der Waals surface area (Å²) in [6.07, 6.45) is -3.78. The van der Waals surface area contributed by atoms with Gasteiger partial charge in [0.1, 0.15) is 0 Å². The molecule has 7 heteroatoms. The minimum Gasteiger partial charge on any atom is -0.397 e. The van der Waals surface area contributed by atoms with E-state index in [2.05, 4.69) is 5.32 Å². The van der Waals surface area contributed by atoms with Crippen LogP contribution >= 0.6 is 0 Å². The molecule has 1 rings (SSSR count). The van der Waals surface area contributed by atoms with Crippen LogP contribution in [0.3, 0.4) is 0 Å². The monoisotopic (exact) mass is 289 g/mol. The Bertz CT molecular complexity index is 449. The van der Waals surface area contributed by atoms with Crippen molar-refractivity contribution in [2.45, 2.75) is 19.5 Å². The van der Waals surface area contributed by atoms with Gasteiger partial charge in [0.25, 0.3) is 0 Å². The number of hydrogen-bond acceptors (Lipinski definition) is 3. The van der Waals surface area contributed by atoms with Gasteiger partial charge >= 0.3 is 6.18 Å². The predicted molar refractivity (Wildman–Crippen MR) is 72.3 cm³/mol. The molecule has 0 bridgehead atoms. The normalized spacial score (nSPS) is 11.7. The fourth-order valence-electron chi connectivity index (χ4n) is 1.79. The molecule has 0 spiro atoms. The predicted octanol–water partition coefficient (Wildman–Crippen LogP) is 2.48. The summed E-state index contributed by atoms with van der Waals surface area (Å²) < 4.78 is 37.1. The summed E-state index contributed by atoms with van der Waals surface area (Å²) in [5.41, 5.74) is 6.43. The summed E-state index contributed by atoms with van der Waals surface area (Å²) in [6, 6.07) is 6.60. The average Bonchev–Trinajstić information content (AvgIpc) is 2.30. The van der Waals surface area contributed by atoms with E-state index in [1.54, 1.807) is 31.2 Å². The van der Waals surface area contributed by atoms with Crippen molar-refractivity contribution in [3.05, 3.63) is 24.3 Å². The van der Waals surface area contributed by atoms with E-state index in [0.717, 1.165) is 4.90 Å². The lowest BCUT2D eigenvalue weighted by molar-refractivity contribution is -0.147. The third-order valence-electron chi connectivity index (χ3n) is 2.54. The average molecular weight is 289 g/mol. The van der Waals surface area contributed by atoms with E-state index >= 15 is 0 Å². The number of para-hydroxylation sites is 2. The van der Waals surface area contributed by atoms with E-state index in [1.807, 2.05) is 0 Å². The van der Waals surface area contributed by atoms with E-state index in [9.17, 15) is 18.0 Å². The molecule has 1 aromatic rings. The number of amides is 1. The van der Waals surface area contributed by atoms with Crippen molar-refractivity contribution < 1.29 is 18.0 Å². The molecule has 0 fully saturated rings. The van der Waals surface area contributed by atoms with Gasteiger partial charge in [-0.3, -0.25) is 9.69 Å². The van der Waals surface area contributed by atoms with Gasteiger partial charge in [-0.1, -0.05) is 19.1 Å². The summed E-state index contributed by atoms with van der Waals surface area (Å²) in [4.78, 5) is 12.8. The summed E-state index contributed by atoms with van der Waals surface area (Å²) in [6.45, 7) is 0.549. The second-order valence-corrected chi connectivity index (χ2v) is 4.46. The zero-order valence-electron chi connectivity index (χ0n) is 11.2. The van der Waals surface area contributed by atoms with Gasteiger partial charge in [0.05, 0.1) is 24.5 Å². The summed E-state index contributed by atoms with van der Waals surface area (Å²) in [5.74, 6) is -0.513. The molecule has 0 unspecified atom stereocenters. The van der Waals surface area contributed by atoms with Crippen molar-refractivity contribution in [3.63, 3.8) is 0 Å². The fourth-order valence-corrected chi connectivity index (χ4v) is 1.79. The van der Waals surface area contributed by atoms with Gasteiger partial charge in [0.15, 0.2) is 0 Å². The molecule has 0 aromatic heterocycles. The number of benzene rings is 1. The molecule has 0 radical (unpaired) electrons. The van der Waals surface area contributed by atoms with E-state index in [1.165, 1.54) is 0 Å².